The molecule has 2 aromatic rings. The third kappa shape index (κ3) is 3.78. The highest BCUT2D eigenvalue weighted by Crippen LogP contribution is 2.20. The van der Waals surface area contributed by atoms with E-state index in [2.05, 4.69) is 31.2 Å². The molecule has 2 aromatic heterocycles. The molecule has 0 radical (unpaired) electrons. The fraction of sp³-hybridized carbons (Fsp3) is 0.167. The molecule has 110 valence electrons. The van der Waals surface area contributed by atoms with Crippen molar-refractivity contribution in [1.29, 1.82) is 0 Å². The standard InChI is InChI=1S/C12H9BrClN3O3S/c1-5-9(12(19)20)21-8(17-5)4-16-11(18)7-2-6(13)3-15-10(7)14/h2-3H,4H2,1H3,(H,16,18)(H,19,20). The number of nitrogens with zero attached hydrogens (tertiary/aromatic N) is 2. The number of hydrogen-bond acceptors (Lipinski definition) is 5. The van der Waals surface area contributed by atoms with Gasteiger partial charge >= 0.3 is 5.97 Å². The van der Waals surface area contributed by atoms with Gasteiger partial charge < -0.3 is 10.4 Å². The first-order valence-electron chi connectivity index (χ1n) is 5.67. The number of aryl methyl sites for hydroxylation is 1. The van der Waals surface area contributed by atoms with Gasteiger partial charge in [-0.1, -0.05) is 11.6 Å². The van der Waals surface area contributed by atoms with Gasteiger partial charge in [0.2, 0.25) is 0 Å². The van der Waals surface area contributed by atoms with E-state index < -0.39 is 11.9 Å². The summed E-state index contributed by atoms with van der Waals surface area (Å²) in [6, 6.07) is 1.56. The van der Waals surface area contributed by atoms with Gasteiger partial charge in [-0.15, -0.1) is 11.3 Å². The van der Waals surface area contributed by atoms with E-state index in [1.165, 1.54) is 6.20 Å². The smallest absolute Gasteiger partial charge is 0.347 e. The minimum Gasteiger partial charge on any atom is -0.477 e. The number of carboxylic acid groups (broad SMARTS) is 1. The van der Waals surface area contributed by atoms with E-state index in [-0.39, 0.29) is 22.1 Å². The van der Waals surface area contributed by atoms with Crippen LogP contribution in [-0.4, -0.2) is 27.0 Å². The van der Waals surface area contributed by atoms with Gasteiger partial charge in [0.25, 0.3) is 5.91 Å². The first-order chi connectivity index (χ1) is 9.88. The quantitative estimate of drug-likeness (QED) is 0.783. The van der Waals surface area contributed by atoms with Crippen molar-refractivity contribution in [3.05, 3.63) is 43.0 Å². The largest absolute Gasteiger partial charge is 0.477 e. The van der Waals surface area contributed by atoms with Crippen LogP contribution in [0.1, 0.15) is 30.7 Å². The normalized spacial score (nSPS) is 10.4. The highest BCUT2D eigenvalue weighted by molar-refractivity contribution is 9.10. The lowest BCUT2D eigenvalue weighted by Gasteiger charge is -2.05. The molecule has 2 N–H and O–H groups in total. The predicted molar refractivity (Wildman–Crippen MR) is 81.9 cm³/mol. The first kappa shape index (κ1) is 15.9. The van der Waals surface area contributed by atoms with Crippen LogP contribution in [0.15, 0.2) is 16.7 Å². The Morgan fingerprint density at radius 1 is 1.52 bits per heavy atom. The molecule has 0 aromatic carbocycles. The number of thiazole rings is 1. The molecule has 21 heavy (non-hydrogen) atoms. The average Bonchev–Trinajstić information content (AvgIpc) is 2.80. The molecule has 0 atom stereocenters. The number of aromatic nitrogens is 2. The monoisotopic (exact) mass is 389 g/mol. The van der Waals surface area contributed by atoms with E-state index in [0.717, 1.165) is 11.3 Å². The first-order valence-corrected chi connectivity index (χ1v) is 7.66. The van der Waals surface area contributed by atoms with Crippen molar-refractivity contribution in [3.8, 4) is 0 Å². The summed E-state index contributed by atoms with van der Waals surface area (Å²) in [5.74, 6) is -1.43. The summed E-state index contributed by atoms with van der Waals surface area (Å²) < 4.78 is 0.635. The third-order valence-corrected chi connectivity index (χ3v) is 4.37. The number of carboxylic acids is 1. The number of amides is 1. The van der Waals surface area contributed by atoms with Crippen LogP contribution in [0.5, 0.6) is 0 Å². The number of carbonyl (C=O) groups excluding carboxylic acids is 1. The van der Waals surface area contributed by atoms with Crippen molar-refractivity contribution >= 4 is 50.7 Å². The second kappa shape index (κ2) is 6.50. The van der Waals surface area contributed by atoms with Gasteiger partial charge in [-0.3, -0.25) is 4.79 Å². The molecule has 0 aliphatic rings. The molecular weight excluding hydrogens is 382 g/mol. The number of carbonyl (C=O) groups is 2. The Morgan fingerprint density at radius 2 is 2.24 bits per heavy atom. The highest BCUT2D eigenvalue weighted by Gasteiger charge is 2.16. The Hall–Kier alpha value is -1.51. The third-order valence-electron chi connectivity index (χ3n) is 2.49. The Morgan fingerprint density at radius 3 is 2.86 bits per heavy atom. The molecule has 1 amide bonds. The lowest BCUT2D eigenvalue weighted by atomic mass is 10.2. The zero-order chi connectivity index (χ0) is 15.6. The summed E-state index contributed by atoms with van der Waals surface area (Å²) in [5.41, 5.74) is 0.664. The Labute approximate surface area is 137 Å². The summed E-state index contributed by atoms with van der Waals surface area (Å²) in [7, 11) is 0. The number of hydrogen-bond donors (Lipinski definition) is 2. The maximum absolute atomic E-state index is 12.0. The Balaban J connectivity index is 2.09. The van der Waals surface area contributed by atoms with Crippen molar-refractivity contribution in [3.63, 3.8) is 0 Å². The molecule has 0 fully saturated rings. The summed E-state index contributed by atoms with van der Waals surface area (Å²) >= 11 is 10.1. The number of nitrogens with one attached hydrogen (secondary N) is 1. The van der Waals surface area contributed by atoms with Gasteiger partial charge in [-0.2, -0.15) is 0 Å². The van der Waals surface area contributed by atoms with E-state index >= 15 is 0 Å². The highest BCUT2D eigenvalue weighted by atomic mass is 79.9. The maximum atomic E-state index is 12.0. The van der Waals surface area contributed by atoms with Gasteiger partial charge in [0.05, 0.1) is 17.8 Å². The summed E-state index contributed by atoms with van der Waals surface area (Å²) in [6.45, 7) is 1.74. The fourth-order valence-electron chi connectivity index (χ4n) is 1.56. The van der Waals surface area contributed by atoms with Crippen molar-refractivity contribution in [2.75, 3.05) is 0 Å². The summed E-state index contributed by atoms with van der Waals surface area (Å²) in [6.07, 6.45) is 1.49. The average molecular weight is 391 g/mol. The van der Waals surface area contributed by atoms with Crippen LogP contribution in [0.3, 0.4) is 0 Å². The van der Waals surface area contributed by atoms with Crippen LogP contribution in [0.2, 0.25) is 5.15 Å². The SMILES string of the molecule is Cc1nc(CNC(=O)c2cc(Br)cnc2Cl)sc1C(=O)O. The van der Waals surface area contributed by atoms with Crippen LogP contribution in [0.25, 0.3) is 0 Å². The van der Waals surface area contributed by atoms with Crippen molar-refractivity contribution in [1.82, 2.24) is 15.3 Å². The topological polar surface area (TPSA) is 92.2 Å². The van der Waals surface area contributed by atoms with Gasteiger partial charge in [-0.05, 0) is 28.9 Å². The van der Waals surface area contributed by atoms with Crippen LogP contribution in [0, 0.1) is 6.92 Å². The molecular formula is C12H9BrClN3O3S. The lowest BCUT2D eigenvalue weighted by Crippen LogP contribution is -2.23. The zero-order valence-corrected chi connectivity index (χ0v) is 13.8. The fourth-order valence-corrected chi connectivity index (χ4v) is 2.92. The molecule has 0 spiro atoms. The molecule has 0 aliphatic heterocycles. The van der Waals surface area contributed by atoms with Crippen molar-refractivity contribution < 1.29 is 14.7 Å². The predicted octanol–water partition coefficient (Wildman–Crippen LogP) is 2.89. The van der Waals surface area contributed by atoms with Crippen molar-refractivity contribution in [2.45, 2.75) is 13.5 Å². The van der Waals surface area contributed by atoms with E-state index in [1.54, 1.807) is 13.0 Å². The lowest BCUT2D eigenvalue weighted by molar-refractivity contribution is 0.0701. The number of pyridine rings is 1. The molecule has 0 bridgehead atoms. The molecule has 2 rings (SSSR count). The van der Waals surface area contributed by atoms with E-state index in [1.807, 2.05) is 0 Å². The minimum absolute atomic E-state index is 0.0947. The van der Waals surface area contributed by atoms with Crippen LogP contribution < -0.4 is 5.32 Å². The minimum atomic E-state index is -1.03. The van der Waals surface area contributed by atoms with Crippen LogP contribution in [0.4, 0.5) is 0 Å². The zero-order valence-electron chi connectivity index (χ0n) is 10.7. The van der Waals surface area contributed by atoms with Gasteiger partial charge in [-0.25, -0.2) is 14.8 Å². The molecule has 6 nitrogen and oxygen atoms in total. The van der Waals surface area contributed by atoms with E-state index in [9.17, 15) is 9.59 Å². The second-order valence-corrected chi connectivity index (χ2v) is 6.36. The van der Waals surface area contributed by atoms with Crippen LogP contribution >= 0.6 is 38.9 Å². The van der Waals surface area contributed by atoms with Crippen molar-refractivity contribution in [2.24, 2.45) is 0 Å². The Kier molecular flexibility index (Phi) is 4.92. The number of halogens is 2. The van der Waals surface area contributed by atoms with E-state index in [0.29, 0.717) is 15.2 Å². The number of rotatable bonds is 4. The maximum Gasteiger partial charge on any atom is 0.347 e. The molecule has 9 heteroatoms. The van der Waals surface area contributed by atoms with Gasteiger partial charge in [0.15, 0.2) is 0 Å². The molecule has 0 aliphatic carbocycles. The van der Waals surface area contributed by atoms with E-state index in [4.69, 9.17) is 16.7 Å². The summed E-state index contributed by atoms with van der Waals surface area (Å²) in [4.78, 5) is 31.1. The Bertz CT molecular complexity index is 720. The number of aromatic carboxylic acids is 1. The van der Waals surface area contributed by atoms with Crippen LogP contribution in [-0.2, 0) is 6.54 Å². The summed E-state index contributed by atoms with van der Waals surface area (Å²) in [5, 5.41) is 12.2. The molecule has 0 unspecified atom stereocenters. The van der Waals surface area contributed by atoms with Gasteiger partial charge in [0.1, 0.15) is 15.0 Å². The molecule has 0 saturated heterocycles. The molecule has 0 saturated carbocycles. The molecule has 2 heterocycles. The van der Waals surface area contributed by atoms with Gasteiger partial charge in [0, 0.05) is 10.7 Å². The second-order valence-electron chi connectivity index (χ2n) is 4.00.